The molecule has 0 radical (unpaired) electrons. The van der Waals surface area contributed by atoms with Crippen molar-refractivity contribution in [1.82, 2.24) is 15.1 Å². The van der Waals surface area contributed by atoms with Gasteiger partial charge in [0.2, 0.25) is 5.95 Å². The highest BCUT2D eigenvalue weighted by atomic mass is 16.5. The van der Waals surface area contributed by atoms with Gasteiger partial charge in [-0.1, -0.05) is 12.1 Å². The average Bonchev–Trinajstić information content (AvgIpc) is 2.78. The Morgan fingerprint density at radius 2 is 2.06 bits per heavy atom. The van der Waals surface area contributed by atoms with Crippen LogP contribution in [0.15, 0.2) is 29.0 Å². The van der Waals surface area contributed by atoms with Crippen LogP contribution in [0, 0.1) is 6.92 Å². The number of aryl methyl sites for hydroxylation is 1. The molecule has 0 bridgehead atoms. The van der Waals surface area contributed by atoms with Crippen LogP contribution < -0.4 is 5.32 Å². The van der Waals surface area contributed by atoms with Crippen LogP contribution in [0.1, 0.15) is 31.7 Å². The predicted molar refractivity (Wildman–Crippen MR) is 64.5 cm³/mol. The van der Waals surface area contributed by atoms with Crippen LogP contribution >= 0.6 is 0 Å². The maximum atomic E-state index is 5.32. The molecule has 1 N–H and O–H groups in total. The molecule has 2 aromatic heterocycles. The zero-order valence-corrected chi connectivity index (χ0v) is 10.3. The van der Waals surface area contributed by atoms with Gasteiger partial charge in [0.25, 0.3) is 0 Å². The molecular formula is C12H16N4O. The highest BCUT2D eigenvalue weighted by Crippen LogP contribution is 2.28. The minimum Gasteiger partial charge on any atom is -0.359 e. The lowest BCUT2D eigenvalue weighted by molar-refractivity contribution is 0.314. The van der Waals surface area contributed by atoms with Crippen molar-refractivity contribution >= 4 is 5.95 Å². The lowest BCUT2D eigenvalue weighted by Gasteiger charge is -2.26. The molecule has 0 aliphatic rings. The third-order valence-electron chi connectivity index (χ3n) is 2.83. The third kappa shape index (κ3) is 2.43. The van der Waals surface area contributed by atoms with E-state index in [4.69, 9.17) is 4.52 Å². The van der Waals surface area contributed by atoms with E-state index in [-0.39, 0.29) is 5.54 Å². The monoisotopic (exact) mass is 232 g/mol. The van der Waals surface area contributed by atoms with Crippen LogP contribution in [0.4, 0.5) is 5.95 Å². The molecule has 2 heterocycles. The van der Waals surface area contributed by atoms with Crippen molar-refractivity contribution in [2.45, 2.75) is 32.7 Å². The summed E-state index contributed by atoms with van der Waals surface area (Å²) in [6.45, 7) is 6.03. The van der Waals surface area contributed by atoms with E-state index < -0.39 is 0 Å². The fraction of sp³-hybridized carbons (Fsp3) is 0.417. The SMILES string of the molecule is CCC(C)(Nc1ncccn1)c1cc(C)no1. The molecule has 0 amide bonds. The molecule has 17 heavy (non-hydrogen) atoms. The Balaban J connectivity index is 2.26. The van der Waals surface area contributed by atoms with Crippen molar-refractivity contribution in [2.75, 3.05) is 5.32 Å². The quantitative estimate of drug-likeness (QED) is 0.877. The van der Waals surface area contributed by atoms with Gasteiger partial charge >= 0.3 is 0 Å². The minimum absolute atomic E-state index is 0.345. The van der Waals surface area contributed by atoms with Gasteiger partial charge in [-0.05, 0) is 26.3 Å². The summed E-state index contributed by atoms with van der Waals surface area (Å²) in [5, 5.41) is 7.20. The van der Waals surface area contributed by atoms with Gasteiger partial charge in [0.1, 0.15) is 0 Å². The first-order valence-corrected chi connectivity index (χ1v) is 5.63. The molecule has 1 unspecified atom stereocenters. The summed E-state index contributed by atoms with van der Waals surface area (Å²) < 4.78 is 5.32. The summed E-state index contributed by atoms with van der Waals surface area (Å²) in [6, 6.07) is 3.71. The summed E-state index contributed by atoms with van der Waals surface area (Å²) in [4.78, 5) is 8.32. The Hall–Kier alpha value is -1.91. The topological polar surface area (TPSA) is 63.8 Å². The van der Waals surface area contributed by atoms with E-state index in [0.717, 1.165) is 17.9 Å². The van der Waals surface area contributed by atoms with E-state index in [2.05, 4.69) is 27.4 Å². The molecule has 0 fully saturated rings. The van der Waals surface area contributed by atoms with E-state index in [9.17, 15) is 0 Å². The molecule has 1 atom stereocenters. The largest absolute Gasteiger partial charge is 0.359 e. The smallest absolute Gasteiger partial charge is 0.223 e. The fourth-order valence-corrected chi connectivity index (χ4v) is 1.56. The molecule has 0 spiro atoms. The lowest BCUT2D eigenvalue weighted by Crippen LogP contribution is -2.31. The molecule has 2 rings (SSSR count). The maximum absolute atomic E-state index is 5.32. The van der Waals surface area contributed by atoms with Crippen LogP contribution in [0.5, 0.6) is 0 Å². The highest BCUT2D eigenvalue weighted by molar-refractivity contribution is 5.32. The Morgan fingerprint density at radius 1 is 1.35 bits per heavy atom. The zero-order valence-electron chi connectivity index (χ0n) is 10.3. The van der Waals surface area contributed by atoms with E-state index in [1.807, 2.05) is 19.9 Å². The van der Waals surface area contributed by atoms with Gasteiger partial charge < -0.3 is 9.84 Å². The van der Waals surface area contributed by atoms with Crippen LogP contribution in [0.2, 0.25) is 0 Å². The van der Waals surface area contributed by atoms with Crippen molar-refractivity contribution in [1.29, 1.82) is 0 Å². The highest BCUT2D eigenvalue weighted by Gasteiger charge is 2.29. The first kappa shape index (κ1) is 11.6. The number of hydrogen-bond acceptors (Lipinski definition) is 5. The predicted octanol–water partition coefficient (Wildman–Crippen LogP) is 2.51. The van der Waals surface area contributed by atoms with Crippen LogP contribution in [0.25, 0.3) is 0 Å². The number of hydrogen-bond donors (Lipinski definition) is 1. The zero-order chi connectivity index (χ0) is 12.3. The number of nitrogens with zero attached hydrogens (tertiary/aromatic N) is 3. The molecule has 5 nitrogen and oxygen atoms in total. The van der Waals surface area contributed by atoms with E-state index in [1.54, 1.807) is 18.5 Å². The molecule has 5 heteroatoms. The molecule has 0 saturated carbocycles. The second-order valence-electron chi connectivity index (χ2n) is 4.22. The van der Waals surface area contributed by atoms with Gasteiger partial charge in [0.15, 0.2) is 5.76 Å². The van der Waals surface area contributed by atoms with Gasteiger partial charge in [0.05, 0.1) is 11.2 Å². The number of nitrogens with one attached hydrogen (secondary N) is 1. The molecule has 0 saturated heterocycles. The molecule has 90 valence electrons. The van der Waals surface area contributed by atoms with Crippen molar-refractivity contribution in [3.05, 3.63) is 36.0 Å². The average molecular weight is 232 g/mol. The van der Waals surface area contributed by atoms with E-state index in [0.29, 0.717) is 5.95 Å². The first-order chi connectivity index (χ1) is 8.14. The molecule has 2 aromatic rings. The lowest BCUT2D eigenvalue weighted by atomic mass is 9.95. The third-order valence-corrected chi connectivity index (χ3v) is 2.83. The van der Waals surface area contributed by atoms with Crippen LogP contribution in [0.3, 0.4) is 0 Å². The summed E-state index contributed by atoms with van der Waals surface area (Å²) in [5.74, 6) is 1.39. The van der Waals surface area contributed by atoms with Crippen molar-refractivity contribution < 1.29 is 4.52 Å². The number of aromatic nitrogens is 3. The number of rotatable bonds is 4. The Kier molecular flexibility index (Phi) is 3.08. The second-order valence-corrected chi connectivity index (χ2v) is 4.22. The van der Waals surface area contributed by atoms with Crippen molar-refractivity contribution in [3.8, 4) is 0 Å². The summed E-state index contributed by atoms with van der Waals surface area (Å²) in [6.07, 6.45) is 4.26. The first-order valence-electron chi connectivity index (χ1n) is 5.63. The minimum atomic E-state index is -0.345. The van der Waals surface area contributed by atoms with Gasteiger partial charge in [-0.3, -0.25) is 0 Å². The van der Waals surface area contributed by atoms with Gasteiger partial charge in [0, 0.05) is 18.5 Å². The molecule has 0 aliphatic heterocycles. The fourth-order valence-electron chi connectivity index (χ4n) is 1.56. The standard InChI is InChI=1S/C12H16N4O/c1-4-12(3,10-8-9(2)16-17-10)15-11-13-6-5-7-14-11/h5-8H,4H2,1-3H3,(H,13,14,15). The van der Waals surface area contributed by atoms with Crippen molar-refractivity contribution in [2.24, 2.45) is 0 Å². The maximum Gasteiger partial charge on any atom is 0.223 e. The van der Waals surface area contributed by atoms with Crippen molar-refractivity contribution in [3.63, 3.8) is 0 Å². The molecule has 0 aliphatic carbocycles. The van der Waals surface area contributed by atoms with Gasteiger partial charge in [-0.15, -0.1) is 0 Å². The Morgan fingerprint density at radius 3 is 2.59 bits per heavy atom. The van der Waals surface area contributed by atoms with Crippen LogP contribution in [-0.4, -0.2) is 15.1 Å². The Labute approximate surface area is 100 Å². The second kappa shape index (κ2) is 4.53. The van der Waals surface area contributed by atoms with Crippen LogP contribution in [-0.2, 0) is 5.54 Å². The van der Waals surface area contributed by atoms with Gasteiger partial charge in [-0.2, -0.15) is 0 Å². The summed E-state index contributed by atoms with van der Waals surface area (Å²) in [5.41, 5.74) is 0.526. The normalized spacial score (nSPS) is 14.3. The van der Waals surface area contributed by atoms with E-state index in [1.165, 1.54) is 0 Å². The summed E-state index contributed by atoms with van der Waals surface area (Å²) >= 11 is 0. The molecule has 0 aromatic carbocycles. The van der Waals surface area contributed by atoms with Gasteiger partial charge in [-0.25, -0.2) is 9.97 Å². The molecular weight excluding hydrogens is 216 g/mol. The Bertz CT molecular complexity index is 482. The number of anilines is 1. The summed E-state index contributed by atoms with van der Waals surface area (Å²) in [7, 11) is 0. The van der Waals surface area contributed by atoms with E-state index >= 15 is 0 Å².